The number of nitrogens with zero attached hydrogens (tertiary/aromatic N) is 2. The number of para-hydroxylation sites is 1. The van der Waals surface area contributed by atoms with E-state index in [1.165, 1.54) is 5.69 Å². The van der Waals surface area contributed by atoms with E-state index in [0.717, 1.165) is 25.3 Å². The number of anilines is 2. The Morgan fingerprint density at radius 1 is 0.963 bits per heavy atom. The van der Waals surface area contributed by atoms with Crippen molar-refractivity contribution in [1.29, 1.82) is 0 Å². The van der Waals surface area contributed by atoms with Crippen molar-refractivity contribution < 1.29 is 14.7 Å². The summed E-state index contributed by atoms with van der Waals surface area (Å²) in [6.07, 6.45) is 1.13. The molecule has 0 aromatic heterocycles. The second-order valence-electron chi connectivity index (χ2n) is 7.47. The van der Waals surface area contributed by atoms with E-state index in [4.69, 9.17) is 0 Å². The summed E-state index contributed by atoms with van der Waals surface area (Å²) in [5.74, 6) is 0.194. The summed E-state index contributed by atoms with van der Waals surface area (Å²) < 4.78 is 0. The number of phenols is 1. The number of phenolic OH excluding ortho intramolecular Hbond substituents is 1. The lowest BCUT2D eigenvalue weighted by Crippen LogP contribution is -2.54. The van der Waals surface area contributed by atoms with Crippen LogP contribution in [0.1, 0.15) is 19.3 Å². The number of rotatable bonds is 4. The zero-order valence-electron chi connectivity index (χ0n) is 15.3. The van der Waals surface area contributed by atoms with E-state index in [1.807, 2.05) is 30.3 Å². The Balaban J connectivity index is 1.58. The molecule has 2 aromatic rings. The Morgan fingerprint density at radius 2 is 1.74 bits per heavy atom. The lowest BCUT2D eigenvalue weighted by Gasteiger charge is -2.44. The van der Waals surface area contributed by atoms with Crippen LogP contribution in [0.25, 0.3) is 0 Å². The van der Waals surface area contributed by atoms with Crippen molar-refractivity contribution in [3.05, 3.63) is 54.6 Å². The minimum Gasteiger partial charge on any atom is -0.508 e. The van der Waals surface area contributed by atoms with Gasteiger partial charge >= 0.3 is 0 Å². The first-order valence-electron chi connectivity index (χ1n) is 9.50. The molecule has 2 aromatic carbocycles. The zero-order valence-corrected chi connectivity index (χ0v) is 15.3. The smallest absolute Gasteiger partial charge is 0.143 e. The molecule has 0 bridgehead atoms. The normalized spacial score (nSPS) is 23.1. The van der Waals surface area contributed by atoms with Crippen molar-refractivity contribution in [3.8, 4) is 5.75 Å². The van der Waals surface area contributed by atoms with Gasteiger partial charge in [-0.2, -0.15) is 0 Å². The number of piperazine rings is 1. The van der Waals surface area contributed by atoms with Crippen molar-refractivity contribution in [2.75, 3.05) is 29.4 Å². The number of carbonyl (C=O) groups excluding carboxylic acids is 2. The first-order valence-corrected chi connectivity index (χ1v) is 9.50. The van der Waals surface area contributed by atoms with E-state index in [0.29, 0.717) is 12.8 Å². The summed E-state index contributed by atoms with van der Waals surface area (Å²) in [6, 6.07) is 17.7. The standard InChI is InChI=1S/C22H24N2O3/c25-20-8-4-7-18(13-20)24-10-9-23(17-5-2-1-3-6-17)15-19(24)11-16-12-21(26)14-22(16)27/h1-8,13,16,19,25H,9-12,14-15H2. The molecule has 2 aliphatic rings. The highest BCUT2D eigenvalue weighted by molar-refractivity contribution is 6.07. The van der Waals surface area contributed by atoms with Gasteiger partial charge in [0.05, 0.1) is 6.42 Å². The van der Waals surface area contributed by atoms with Gasteiger partial charge in [0.2, 0.25) is 0 Å². The highest BCUT2D eigenvalue weighted by atomic mass is 16.3. The summed E-state index contributed by atoms with van der Waals surface area (Å²) in [4.78, 5) is 28.5. The number of benzene rings is 2. The van der Waals surface area contributed by atoms with E-state index >= 15 is 0 Å². The van der Waals surface area contributed by atoms with Crippen LogP contribution in [0.3, 0.4) is 0 Å². The van der Waals surface area contributed by atoms with Crippen LogP contribution in [0.5, 0.6) is 5.75 Å². The Kier molecular flexibility index (Phi) is 4.84. The summed E-state index contributed by atoms with van der Waals surface area (Å²) in [5, 5.41) is 9.89. The molecule has 1 N–H and O–H groups in total. The molecule has 0 amide bonds. The molecule has 1 aliphatic carbocycles. The van der Waals surface area contributed by atoms with E-state index in [1.54, 1.807) is 12.1 Å². The topological polar surface area (TPSA) is 60.9 Å². The monoisotopic (exact) mass is 364 g/mol. The molecule has 27 heavy (non-hydrogen) atoms. The number of ketones is 2. The number of Topliss-reactive ketones (excluding diaryl/α,β-unsaturated/α-hetero) is 2. The third-order valence-corrected chi connectivity index (χ3v) is 5.62. The Labute approximate surface area is 159 Å². The predicted molar refractivity (Wildman–Crippen MR) is 105 cm³/mol. The number of aromatic hydroxyl groups is 1. The first-order chi connectivity index (χ1) is 13.1. The lowest BCUT2D eigenvalue weighted by molar-refractivity contribution is -0.122. The number of carbonyl (C=O) groups is 2. The van der Waals surface area contributed by atoms with E-state index < -0.39 is 0 Å². The van der Waals surface area contributed by atoms with Gasteiger partial charge in [0.1, 0.15) is 17.3 Å². The minimum absolute atomic E-state index is 0.0598. The van der Waals surface area contributed by atoms with Gasteiger partial charge in [0, 0.05) is 55.5 Å². The third-order valence-electron chi connectivity index (χ3n) is 5.62. The first kappa shape index (κ1) is 17.6. The van der Waals surface area contributed by atoms with Crippen LogP contribution in [0.2, 0.25) is 0 Å². The average Bonchev–Trinajstić information content (AvgIpc) is 2.99. The largest absolute Gasteiger partial charge is 0.508 e. The maximum absolute atomic E-state index is 12.2. The molecule has 4 rings (SSSR count). The van der Waals surface area contributed by atoms with Gasteiger partial charge in [0.15, 0.2) is 0 Å². The molecule has 1 aliphatic heterocycles. The molecule has 1 heterocycles. The van der Waals surface area contributed by atoms with Crippen molar-refractivity contribution in [2.24, 2.45) is 5.92 Å². The fraction of sp³-hybridized carbons (Fsp3) is 0.364. The highest BCUT2D eigenvalue weighted by Crippen LogP contribution is 2.32. The van der Waals surface area contributed by atoms with Gasteiger partial charge < -0.3 is 14.9 Å². The molecule has 0 radical (unpaired) electrons. The molecular formula is C22H24N2O3. The van der Waals surface area contributed by atoms with Crippen LogP contribution >= 0.6 is 0 Å². The van der Waals surface area contributed by atoms with Crippen LogP contribution < -0.4 is 9.80 Å². The predicted octanol–water partition coefficient (Wildman–Crippen LogP) is 3.03. The summed E-state index contributed by atoms with van der Waals surface area (Å²) >= 11 is 0. The molecule has 2 atom stereocenters. The summed E-state index contributed by atoms with van der Waals surface area (Å²) in [5.41, 5.74) is 2.14. The zero-order chi connectivity index (χ0) is 18.8. The van der Waals surface area contributed by atoms with Gasteiger partial charge in [-0.3, -0.25) is 9.59 Å². The Hall–Kier alpha value is -2.82. The van der Waals surface area contributed by atoms with E-state index in [2.05, 4.69) is 21.9 Å². The fourth-order valence-corrected chi connectivity index (χ4v) is 4.28. The highest BCUT2D eigenvalue weighted by Gasteiger charge is 2.36. The quantitative estimate of drug-likeness (QED) is 0.845. The van der Waals surface area contributed by atoms with Gasteiger partial charge in [-0.1, -0.05) is 24.3 Å². The maximum atomic E-state index is 12.2. The molecule has 1 saturated carbocycles. The molecule has 5 heteroatoms. The molecule has 2 fully saturated rings. The summed E-state index contributed by atoms with van der Waals surface area (Å²) in [7, 11) is 0. The van der Waals surface area contributed by atoms with Crippen LogP contribution in [0.15, 0.2) is 54.6 Å². The SMILES string of the molecule is O=C1CC(=O)C(CC2CN(c3ccccc3)CCN2c2cccc(O)c2)C1. The Morgan fingerprint density at radius 3 is 2.44 bits per heavy atom. The molecule has 2 unspecified atom stereocenters. The molecular weight excluding hydrogens is 340 g/mol. The average molecular weight is 364 g/mol. The van der Waals surface area contributed by atoms with Crippen molar-refractivity contribution >= 4 is 22.9 Å². The number of hydrogen-bond donors (Lipinski definition) is 1. The molecule has 140 valence electrons. The van der Waals surface area contributed by atoms with Crippen molar-refractivity contribution in [3.63, 3.8) is 0 Å². The maximum Gasteiger partial charge on any atom is 0.143 e. The third kappa shape index (κ3) is 3.82. The van der Waals surface area contributed by atoms with Gasteiger partial charge in [-0.15, -0.1) is 0 Å². The minimum atomic E-state index is -0.182. The summed E-state index contributed by atoms with van der Waals surface area (Å²) in [6.45, 7) is 2.46. The molecule has 1 saturated heterocycles. The lowest BCUT2D eigenvalue weighted by atomic mass is 9.94. The van der Waals surface area contributed by atoms with Crippen LogP contribution in [-0.4, -0.2) is 42.3 Å². The van der Waals surface area contributed by atoms with Crippen LogP contribution in [0, 0.1) is 5.92 Å². The van der Waals surface area contributed by atoms with Gasteiger partial charge in [-0.05, 0) is 30.7 Å². The van der Waals surface area contributed by atoms with E-state index in [9.17, 15) is 14.7 Å². The second kappa shape index (κ2) is 7.43. The van der Waals surface area contributed by atoms with Crippen LogP contribution in [-0.2, 0) is 9.59 Å². The van der Waals surface area contributed by atoms with Gasteiger partial charge in [0.25, 0.3) is 0 Å². The molecule has 5 nitrogen and oxygen atoms in total. The van der Waals surface area contributed by atoms with Crippen LogP contribution in [0.4, 0.5) is 11.4 Å². The van der Waals surface area contributed by atoms with Crippen molar-refractivity contribution in [1.82, 2.24) is 0 Å². The number of hydrogen-bond acceptors (Lipinski definition) is 5. The van der Waals surface area contributed by atoms with E-state index in [-0.39, 0.29) is 35.7 Å². The Bertz CT molecular complexity index is 836. The molecule has 0 spiro atoms. The van der Waals surface area contributed by atoms with Crippen molar-refractivity contribution in [2.45, 2.75) is 25.3 Å². The van der Waals surface area contributed by atoms with Gasteiger partial charge in [-0.25, -0.2) is 0 Å². The second-order valence-corrected chi connectivity index (χ2v) is 7.47. The fourth-order valence-electron chi connectivity index (χ4n) is 4.28.